The van der Waals surface area contributed by atoms with Crippen LogP contribution >= 0.6 is 0 Å². The van der Waals surface area contributed by atoms with Gasteiger partial charge in [0, 0.05) is 18.0 Å². The van der Waals surface area contributed by atoms with Crippen LogP contribution in [0.2, 0.25) is 0 Å². The third-order valence-corrected chi connectivity index (χ3v) is 4.57. The maximum Gasteiger partial charge on any atom is 0.228 e. The molecule has 0 saturated heterocycles. The summed E-state index contributed by atoms with van der Waals surface area (Å²) in [6, 6.07) is 21.0. The predicted octanol–water partition coefficient (Wildman–Crippen LogP) is 4.75. The Kier molecular flexibility index (Phi) is 3.85. The minimum absolute atomic E-state index is 0.357. The third-order valence-electron chi connectivity index (χ3n) is 4.57. The molecule has 3 nitrogen and oxygen atoms in total. The van der Waals surface area contributed by atoms with Gasteiger partial charge >= 0.3 is 0 Å². The zero-order chi connectivity index (χ0) is 15.5. The van der Waals surface area contributed by atoms with Gasteiger partial charge in [0.15, 0.2) is 0 Å². The van der Waals surface area contributed by atoms with Crippen LogP contribution in [0.1, 0.15) is 41.1 Å². The van der Waals surface area contributed by atoms with Crippen molar-refractivity contribution >= 4 is 5.88 Å². The van der Waals surface area contributed by atoms with Crippen LogP contribution in [-0.2, 0) is 13.0 Å². The first-order valence-electron chi connectivity index (χ1n) is 8.23. The molecule has 0 amide bonds. The molecule has 3 aromatic rings. The van der Waals surface area contributed by atoms with E-state index in [1.165, 1.54) is 23.1 Å². The molecule has 1 N–H and O–H groups in total. The zero-order valence-electron chi connectivity index (χ0n) is 13.0. The number of benzene rings is 2. The lowest BCUT2D eigenvalue weighted by Crippen LogP contribution is -2.11. The molecule has 1 unspecified atom stereocenters. The lowest BCUT2D eigenvalue weighted by atomic mass is 9.83. The zero-order valence-corrected chi connectivity index (χ0v) is 13.0. The Labute approximate surface area is 136 Å². The molecule has 0 aliphatic heterocycles. The summed E-state index contributed by atoms with van der Waals surface area (Å²) < 4.78 is 5.63. The summed E-state index contributed by atoms with van der Waals surface area (Å²) in [5.74, 6) is 1.19. The standard InChI is InChI=1S/C20H20N2O/c1-3-8-15(9-4-1)14-21-20-18-13-7-12-17(19(18)22-23-20)16-10-5-2-6-11-16/h1-6,8-11,17,21H,7,12-14H2. The Morgan fingerprint density at radius 1 is 1.00 bits per heavy atom. The second-order valence-corrected chi connectivity index (χ2v) is 6.07. The normalized spacial score (nSPS) is 16.8. The molecule has 0 saturated carbocycles. The van der Waals surface area contributed by atoms with E-state index in [1.54, 1.807) is 0 Å². The first-order valence-corrected chi connectivity index (χ1v) is 8.23. The van der Waals surface area contributed by atoms with E-state index in [4.69, 9.17) is 4.52 Å². The van der Waals surface area contributed by atoms with Gasteiger partial charge in [-0.3, -0.25) is 0 Å². The quantitative estimate of drug-likeness (QED) is 0.755. The van der Waals surface area contributed by atoms with Gasteiger partial charge in [0.2, 0.25) is 5.88 Å². The summed E-state index contributed by atoms with van der Waals surface area (Å²) in [7, 11) is 0. The molecule has 4 rings (SSSR count). The van der Waals surface area contributed by atoms with Gasteiger partial charge in [0.25, 0.3) is 0 Å². The highest BCUT2D eigenvalue weighted by Gasteiger charge is 2.28. The van der Waals surface area contributed by atoms with Crippen molar-refractivity contribution in [2.24, 2.45) is 0 Å². The van der Waals surface area contributed by atoms with Crippen LogP contribution in [-0.4, -0.2) is 5.16 Å². The maximum atomic E-state index is 5.63. The molecule has 2 aromatic carbocycles. The number of fused-ring (bicyclic) bond motifs is 1. The van der Waals surface area contributed by atoms with Crippen molar-refractivity contribution in [3.8, 4) is 0 Å². The largest absolute Gasteiger partial charge is 0.350 e. The number of rotatable bonds is 4. The average molecular weight is 304 g/mol. The molecule has 116 valence electrons. The molecule has 1 heterocycles. The van der Waals surface area contributed by atoms with Crippen molar-refractivity contribution < 1.29 is 4.52 Å². The maximum absolute atomic E-state index is 5.63. The van der Waals surface area contributed by atoms with Crippen LogP contribution in [0.4, 0.5) is 5.88 Å². The van der Waals surface area contributed by atoms with Crippen molar-refractivity contribution in [1.29, 1.82) is 0 Å². The highest BCUT2D eigenvalue weighted by molar-refractivity contribution is 5.48. The van der Waals surface area contributed by atoms with Gasteiger partial charge in [-0.2, -0.15) is 0 Å². The average Bonchev–Trinajstić information content (AvgIpc) is 3.05. The van der Waals surface area contributed by atoms with Crippen LogP contribution in [0.3, 0.4) is 0 Å². The van der Waals surface area contributed by atoms with Crippen molar-refractivity contribution in [3.63, 3.8) is 0 Å². The monoisotopic (exact) mass is 304 g/mol. The minimum atomic E-state index is 0.357. The lowest BCUT2D eigenvalue weighted by molar-refractivity contribution is 0.418. The van der Waals surface area contributed by atoms with Gasteiger partial charge in [0.1, 0.15) is 0 Å². The second kappa shape index (κ2) is 6.29. The summed E-state index contributed by atoms with van der Waals surface area (Å²) in [5.41, 5.74) is 4.93. The fourth-order valence-corrected chi connectivity index (χ4v) is 3.38. The van der Waals surface area contributed by atoms with Crippen molar-refractivity contribution in [1.82, 2.24) is 5.16 Å². The Morgan fingerprint density at radius 2 is 1.74 bits per heavy atom. The number of nitrogens with one attached hydrogen (secondary N) is 1. The number of hydrogen-bond donors (Lipinski definition) is 1. The summed E-state index contributed by atoms with van der Waals surface area (Å²) in [4.78, 5) is 0. The van der Waals surface area contributed by atoms with E-state index in [2.05, 4.69) is 65.1 Å². The van der Waals surface area contributed by atoms with Crippen LogP contribution in [0.25, 0.3) is 0 Å². The summed E-state index contributed by atoms with van der Waals surface area (Å²) in [6.07, 6.45) is 3.36. The molecule has 0 fully saturated rings. The van der Waals surface area contributed by atoms with Gasteiger partial charge in [-0.05, 0) is 30.4 Å². The smallest absolute Gasteiger partial charge is 0.228 e. The molecular weight excluding hydrogens is 284 g/mol. The van der Waals surface area contributed by atoms with Crippen LogP contribution in [0, 0.1) is 0 Å². The molecule has 23 heavy (non-hydrogen) atoms. The van der Waals surface area contributed by atoms with E-state index in [0.29, 0.717) is 5.92 Å². The molecule has 0 radical (unpaired) electrons. The predicted molar refractivity (Wildman–Crippen MR) is 91.5 cm³/mol. The molecule has 1 aromatic heterocycles. The van der Waals surface area contributed by atoms with E-state index in [9.17, 15) is 0 Å². The summed E-state index contributed by atoms with van der Waals surface area (Å²) in [6.45, 7) is 0.762. The topological polar surface area (TPSA) is 38.1 Å². The molecule has 3 heteroatoms. The lowest BCUT2D eigenvalue weighted by Gasteiger charge is -2.21. The Morgan fingerprint density at radius 3 is 2.52 bits per heavy atom. The highest BCUT2D eigenvalue weighted by Crippen LogP contribution is 2.39. The minimum Gasteiger partial charge on any atom is -0.350 e. The van der Waals surface area contributed by atoms with E-state index in [-0.39, 0.29) is 0 Å². The van der Waals surface area contributed by atoms with Gasteiger partial charge in [-0.15, -0.1) is 0 Å². The van der Waals surface area contributed by atoms with E-state index < -0.39 is 0 Å². The van der Waals surface area contributed by atoms with Crippen molar-refractivity contribution in [3.05, 3.63) is 83.0 Å². The van der Waals surface area contributed by atoms with E-state index in [0.717, 1.165) is 31.0 Å². The molecular formula is C20H20N2O. The number of hydrogen-bond acceptors (Lipinski definition) is 3. The summed E-state index contributed by atoms with van der Waals surface area (Å²) in [5, 5.41) is 7.80. The first-order chi connectivity index (χ1) is 11.4. The third kappa shape index (κ3) is 2.87. The van der Waals surface area contributed by atoms with Gasteiger partial charge < -0.3 is 9.84 Å². The van der Waals surface area contributed by atoms with E-state index >= 15 is 0 Å². The fraction of sp³-hybridized carbons (Fsp3) is 0.250. The van der Waals surface area contributed by atoms with Crippen LogP contribution in [0.5, 0.6) is 0 Å². The van der Waals surface area contributed by atoms with Crippen molar-refractivity contribution in [2.75, 3.05) is 5.32 Å². The first kappa shape index (κ1) is 14.1. The number of aromatic nitrogens is 1. The Hall–Kier alpha value is -2.55. The highest BCUT2D eigenvalue weighted by atomic mass is 16.5. The van der Waals surface area contributed by atoms with E-state index in [1.807, 2.05) is 6.07 Å². The fourth-order valence-electron chi connectivity index (χ4n) is 3.38. The molecule has 1 aliphatic rings. The van der Waals surface area contributed by atoms with Crippen molar-refractivity contribution in [2.45, 2.75) is 31.7 Å². The number of nitrogens with zero attached hydrogens (tertiary/aromatic N) is 1. The SMILES string of the molecule is c1ccc(CNc2onc3c2CCCC3c2ccccc2)cc1. The van der Waals surface area contributed by atoms with Crippen LogP contribution < -0.4 is 5.32 Å². The van der Waals surface area contributed by atoms with Gasteiger partial charge in [0.05, 0.1) is 5.69 Å². The van der Waals surface area contributed by atoms with Gasteiger partial charge in [-0.25, -0.2) is 0 Å². The Balaban J connectivity index is 1.57. The molecule has 1 atom stereocenters. The van der Waals surface area contributed by atoms with Crippen LogP contribution in [0.15, 0.2) is 65.2 Å². The second-order valence-electron chi connectivity index (χ2n) is 6.07. The molecule has 0 spiro atoms. The Bertz CT molecular complexity index is 765. The number of anilines is 1. The van der Waals surface area contributed by atoms with Gasteiger partial charge in [-0.1, -0.05) is 65.8 Å². The molecule has 1 aliphatic carbocycles. The molecule has 0 bridgehead atoms. The summed E-state index contributed by atoms with van der Waals surface area (Å²) >= 11 is 0.